The fourth-order valence-corrected chi connectivity index (χ4v) is 2.90. The van der Waals surface area contributed by atoms with Gasteiger partial charge in [0.2, 0.25) is 0 Å². The van der Waals surface area contributed by atoms with E-state index in [4.69, 9.17) is 4.74 Å². The first-order valence-corrected chi connectivity index (χ1v) is 8.10. The van der Waals surface area contributed by atoms with E-state index in [2.05, 4.69) is 0 Å². The molecule has 1 aliphatic heterocycles. The van der Waals surface area contributed by atoms with Gasteiger partial charge >= 0.3 is 6.18 Å². The third-order valence-electron chi connectivity index (χ3n) is 4.35. The lowest BCUT2D eigenvalue weighted by atomic mass is 9.91. The number of aliphatic hydroxyl groups is 2. The zero-order valence-corrected chi connectivity index (χ0v) is 13.7. The Bertz CT molecular complexity index is 499. The van der Waals surface area contributed by atoms with Crippen molar-refractivity contribution in [3.8, 4) is 5.75 Å². The third kappa shape index (κ3) is 5.65. The summed E-state index contributed by atoms with van der Waals surface area (Å²) in [4.78, 5) is 1.91. The number of halogens is 3. The average molecular weight is 347 g/mol. The Morgan fingerprint density at radius 2 is 1.75 bits per heavy atom. The standard InChI is InChI=1S/C17H24F3NO3/c1-12-2-4-15(5-3-12)24-11-14(22)10-21-8-6-13(7-9-21)16(23)17(18,19)20/h2-5,13-14,16,22-23H,6-11H2,1H3. The number of likely N-dealkylation sites (tertiary alicyclic amines) is 1. The van der Waals surface area contributed by atoms with Gasteiger partial charge in [-0.25, -0.2) is 0 Å². The zero-order valence-electron chi connectivity index (χ0n) is 13.7. The fourth-order valence-electron chi connectivity index (χ4n) is 2.90. The molecule has 1 aromatic carbocycles. The molecule has 0 spiro atoms. The Morgan fingerprint density at radius 3 is 2.29 bits per heavy atom. The van der Waals surface area contributed by atoms with Crippen molar-refractivity contribution in [1.82, 2.24) is 4.90 Å². The average Bonchev–Trinajstić information content (AvgIpc) is 2.53. The molecule has 0 aliphatic carbocycles. The summed E-state index contributed by atoms with van der Waals surface area (Å²) in [6.07, 6.45) is -6.99. The first-order valence-electron chi connectivity index (χ1n) is 8.10. The Hall–Kier alpha value is -1.31. The number of alkyl halides is 3. The summed E-state index contributed by atoms with van der Waals surface area (Å²) < 4.78 is 43.0. The molecule has 0 bridgehead atoms. The number of aliphatic hydroxyl groups excluding tert-OH is 2. The number of hydrogen-bond donors (Lipinski definition) is 2. The van der Waals surface area contributed by atoms with Crippen LogP contribution >= 0.6 is 0 Å². The molecule has 2 N–H and O–H groups in total. The molecule has 24 heavy (non-hydrogen) atoms. The molecule has 0 aromatic heterocycles. The number of benzene rings is 1. The summed E-state index contributed by atoms with van der Waals surface area (Å²) in [7, 11) is 0. The van der Waals surface area contributed by atoms with Gasteiger partial charge in [0.15, 0.2) is 6.10 Å². The minimum absolute atomic E-state index is 0.133. The SMILES string of the molecule is Cc1ccc(OCC(O)CN2CCC(C(O)C(F)(F)F)CC2)cc1. The molecular formula is C17H24F3NO3. The van der Waals surface area contributed by atoms with Crippen LogP contribution in [0.3, 0.4) is 0 Å². The zero-order chi connectivity index (χ0) is 17.7. The first-order chi connectivity index (χ1) is 11.3. The molecule has 7 heteroatoms. The van der Waals surface area contributed by atoms with Gasteiger partial charge in [-0.1, -0.05) is 17.7 Å². The number of aryl methyl sites for hydroxylation is 1. The van der Waals surface area contributed by atoms with Gasteiger partial charge in [-0.05, 0) is 50.9 Å². The molecule has 2 rings (SSSR count). The van der Waals surface area contributed by atoms with Crippen molar-refractivity contribution in [1.29, 1.82) is 0 Å². The number of ether oxygens (including phenoxy) is 1. The second-order valence-electron chi connectivity index (χ2n) is 6.40. The minimum Gasteiger partial charge on any atom is -0.491 e. The lowest BCUT2D eigenvalue weighted by Gasteiger charge is -2.35. The maximum Gasteiger partial charge on any atom is 0.414 e. The lowest BCUT2D eigenvalue weighted by molar-refractivity contribution is -0.223. The van der Waals surface area contributed by atoms with Gasteiger partial charge in [0, 0.05) is 6.54 Å². The van der Waals surface area contributed by atoms with E-state index in [-0.39, 0.29) is 19.4 Å². The monoisotopic (exact) mass is 347 g/mol. The molecule has 1 fully saturated rings. The normalized spacial score (nSPS) is 19.9. The summed E-state index contributed by atoms with van der Waals surface area (Å²) in [5, 5.41) is 19.3. The van der Waals surface area contributed by atoms with Crippen LogP contribution in [-0.2, 0) is 0 Å². The minimum atomic E-state index is -4.56. The van der Waals surface area contributed by atoms with Crippen LogP contribution in [0.2, 0.25) is 0 Å². The summed E-state index contributed by atoms with van der Waals surface area (Å²) in [5.74, 6) is -0.0890. The molecule has 1 heterocycles. The predicted molar refractivity (Wildman–Crippen MR) is 83.9 cm³/mol. The number of piperidine rings is 1. The predicted octanol–water partition coefficient (Wildman–Crippen LogP) is 2.37. The Morgan fingerprint density at radius 1 is 1.17 bits per heavy atom. The quantitative estimate of drug-likeness (QED) is 0.830. The van der Waals surface area contributed by atoms with E-state index >= 15 is 0 Å². The van der Waals surface area contributed by atoms with E-state index in [1.54, 1.807) is 0 Å². The molecule has 2 atom stereocenters. The Kier molecular flexibility index (Phi) is 6.48. The van der Waals surface area contributed by atoms with Crippen LogP contribution in [0.5, 0.6) is 5.75 Å². The first kappa shape index (κ1) is 19.0. The maximum absolute atomic E-state index is 12.5. The summed E-state index contributed by atoms with van der Waals surface area (Å²) >= 11 is 0. The largest absolute Gasteiger partial charge is 0.491 e. The molecule has 2 unspecified atom stereocenters. The molecule has 0 radical (unpaired) electrons. The molecule has 1 aliphatic rings. The highest BCUT2D eigenvalue weighted by Gasteiger charge is 2.44. The van der Waals surface area contributed by atoms with Crippen molar-refractivity contribution in [3.05, 3.63) is 29.8 Å². The fraction of sp³-hybridized carbons (Fsp3) is 0.647. The van der Waals surface area contributed by atoms with Crippen LogP contribution < -0.4 is 4.74 Å². The van der Waals surface area contributed by atoms with Crippen LogP contribution in [0.15, 0.2) is 24.3 Å². The molecule has 0 amide bonds. The van der Waals surface area contributed by atoms with Gasteiger partial charge in [0.05, 0.1) is 0 Å². The van der Waals surface area contributed by atoms with Crippen molar-refractivity contribution in [2.75, 3.05) is 26.2 Å². The van der Waals surface area contributed by atoms with Gasteiger partial charge in [0.25, 0.3) is 0 Å². The van der Waals surface area contributed by atoms with E-state index in [1.807, 2.05) is 36.1 Å². The van der Waals surface area contributed by atoms with Crippen LogP contribution in [-0.4, -0.2) is 59.7 Å². The number of hydrogen-bond acceptors (Lipinski definition) is 4. The van der Waals surface area contributed by atoms with Crippen LogP contribution in [0.4, 0.5) is 13.2 Å². The van der Waals surface area contributed by atoms with E-state index in [9.17, 15) is 23.4 Å². The van der Waals surface area contributed by atoms with Crippen molar-refractivity contribution in [2.45, 2.75) is 38.1 Å². The molecular weight excluding hydrogens is 323 g/mol. The van der Waals surface area contributed by atoms with Crippen LogP contribution in [0.1, 0.15) is 18.4 Å². The molecule has 1 saturated heterocycles. The van der Waals surface area contributed by atoms with E-state index in [0.717, 1.165) is 5.56 Å². The molecule has 0 saturated carbocycles. The van der Waals surface area contributed by atoms with Gasteiger partial charge in [-0.2, -0.15) is 13.2 Å². The number of rotatable bonds is 6. The van der Waals surface area contributed by atoms with Crippen molar-refractivity contribution in [2.24, 2.45) is 5.92 Å². The maximum atomic E-state index is 12.5. The Balaban J connectivity index is 1.70. The van der Waals surface area contributed by atoms with Gasteiger partial charge < -0.3 is 19.8 Å². The smallest absolute Gasteiger partial charge is 0.414 e. The molecule has 1 aromatic rings. The lowest BCUT2D eigenvalue weighted by Crippen LogP contribution is -2.45. The summed E-state index contributed by atoms with van der Waals surface area (Å²) in [6, 6.07) is 7.48. The summed E-state index contributed by atoms with van der Waals surface area (Å²) in [6.45, 7) is 3.31. The van der Waals surface area contributed by atoms with Crippen molar-refractivity contribution >= 4 is 0 Å². The second kappa shape index (κ2) is 8.18. The highest BCUT2D eigenvalue weighted by Crippen LogP contribution is 2.31. The number of nitrogens with zero attached hydrogens (tertiary/aromatic N) is 1. The van der Waals surface area contributed by atoms with Crippen LogP contribution in [0, 0.1) is 12.8 Å². The summed E-state index contributed by atoms with van der Waals surface area (Å²) in [5.41, 5.74) is 1.12. The van der Waals surface area contributed by atoms with Crippen molar-refractivity contribution < 1.29 is 28.1 Å². The third-order valence-corrected chi connectivity index (χ3v) is 4.35. The highest BCUT2D eigenvalue weighted by atomic mass is 19.4. The number of β-amino-alcohol motifs (C(OH)–C–C–N with tert-alkyl or cyclic N) is 1. The van der Waals surface area contributed by atoms with Crippen molar-refractivity contribution in [3.63, 3.8) is 0 Å². The second-order valence-corrected chi connectivity index (χ2v) is 6.40. The Labute approximate surface area is 139 Å². The van der Waals surface area contributed by atoms with Crippen LogP contribution in [0.25, 0.3) is 0 Å². The van der Waals surface area contributed by atoms with Gasteiger partial charge in [-0.3, -0.25) is 0 Å². The molecule has 136 valence electrons. The van der Waals surface area contributed by atoms with Gasteiger partial charge in [-0.15, -0.1) is 0 Å². The highest BCUT2D eigenvalue weighted by molar-refractivity contribution is 5.26. The van der Waals surface area contributed by atoms with E-state index < -0.39 is 24.3 Å². The van der Waals surface area contributed by atoms with E-state index in [1.165, 1.54) is 0 Å². The van der Waals surface area contributed by atoms with Gasteiger partial charge in [0.1, 0.15) is 18.5 Å². The molecule has 4 nitrogen and oxygen atoms in total. The topological polar surface area (TPSA) is 52.9 Å². The van der Waals surface area contributed by atoms with E-state index in [0.29, 0.717) is 25.4 Å².